The average Bonchev–Trinajstić information content (AvgIpc) is 2.26. The molecule has 0 spiro atoms. The van der Waals surface area contributed by atoms with Gasteiger partial charge in [-0.2, -0.15) is 0 Å². The van der Waals surface area contributed by atoms with Gasteiger partial charge in [0.25, 0.3) is 0 Å². The van der Waals surface area contributed by atoms with Crippen LogP contribution in [0.15, 0.2) is 35.3 Å². The van der Waals surface area contributed by atoms with Gasteiger partial charge >= 0.3 is 0 Å². The summed E-state index contributed by atoms with van der Waals surface area (Å²) in [5.74, 6) is 0.0283. The van der Waals surface area contributed by atoms with Gasteiger partial charge in [0, 0.05) is 5.41 Å². The van der Waals surface area contributed by atoms with Crippen molar-refractivity contribution < 1.29 is 4.79 Å². The molecular formula is C13H20ClN3O. The predicted molar refractivity (Wildman–Crippen MR) is 76.6 cm³/mol. The molecule has 0 radical (unpaired) electrons. The van der Waals surface area contributed by atoms with E-state index in [4.69, 9.17) is 5.73 Å². The summed E-state index contributed by atoms with van der Waals surface area (Å²) >= 11 is 0. The Morgan fingerprint density at radius 2 is 1.83 bits per heavy atom. The van der Waals surface area contributed by atoms with Crippen molar-refractivity contribution in [1.82, 2.24) is 5.32 Å². The van der Waals surface area contributed by atoms with Crippen molar-refractivity contribution in [2.45, 2.75) is 27.3 Å². The van der Waals surface area contributed by atoms with E-state index < -0.39 is 5.41 Å². The van der Waals surface area contributed by atoms with E-state index in [1.165, 1.54) is 0 Å². The molecule has 0 aliphatic rings. The molecule has 100 valence electrons. The molecule has 1 aromatic carbocycles. The molecule has 1 amide bonds. The fraction of sp³-hybridized carbons (Fsp3) is 0.385. The highest BCUT2D eigenvalue weighted by atomic mass is 35.5. The van der Waals surface area contributed by atoms with Crippen molar-refractivity contribution in [3.05, 3.63) is 35.9 Å². The minimum absolute atomic E-state index is 0. The van der Waals surface area contributed by atoms with E-state index in [1.54, 1.807) is 0 Å². The molecule has 0 saturated carbocycles. The van der Waals surface area contributed by atoms with E-state index >= 15 is 0 Å². The van der Waals surface area contributed by atoms with E-state index in [-0.39, 0.29) is 24.3 Å². The molecule has 1 rings (SSSR count). The lowest BCUT2D eigenvalue weighted by atomic mass is 9.96. The smallest absolute Gasteiger partial charge is 0.232 e. The summed E-state index contributed by atoms with van der Waals surface area (Å²) < 4.78 is 0. The molecule has 18 heavy (non-hydrogen) atoms. The number of nitrogens with one attached hydrogen (secondary N) is 1. The van der Waals surface area contributed by atoms with Gasteiger partial charge in [0.1, 0.15) is 0 Å². The highest BCUT2D eigenvalue weighted by Crippen LogP contribution is 2.12. The van der Waals surface area contributed by atoms with Crippen LogP contribution in [-0.2, 0) is 11.3 Å². The van der Waals surface area contributed by atoms with Crippen LogP contribution in [0.5, 0.6) is 0 Å². The Hall–Kier alpha value is -1.55. The number of amides is 1. The molecule has 0 saturated heterocycles. The Bertz CT molecular complexity index is 410. The molecule has 0 bridgehead atoms. The number of rotatable bonds is 2. The molecule has 5 heteroatoms. The van der Waals surface area contributed by atoms with Gasteiger partial charge in [0.15, 0.2) is 5.96 Å². The highest BCUT2D eigenvalue weighted by molar-refractivity contribution is 5.98. The maximum atomic E-state index is 11.6. The Morgan fingerprint density at radius 1 is 1.28 bits per heavy atom. The Morgan fingerprint density at radius 3 is 2.33 bits per heavy atom. The summed E-state index contributed by atoms with van der Waals surface area (Å²) in [6, 6.07) is 9.74. The molecule has 0 atom stereocenters. The first-order valence-electron chi connectivity index (χ1n) is 5.55. The first-order valence-corrected chi connectivity index (χ1v) is 5.55. The first kappa shape index (κ1) is 16.4. The second kappa shape index (κ2) is 7.01. The molecule has 1 aromatic rings. The molecular weight excluding hydrogens is 250 g/mol. The lowest BCUT2D eigenvalue weighted by molar-refractivity contribution is -0.126. The largest absolute Gasteiger partial charge is 0.370 e. The van der Waals surface area contributed by atoms with Gasteiger partial charge in [-0.3, -0.25) is 10.1 Å². The van der Waals surface area contributed by atoms with Crippen molar-refractivity contribution in [2.75, 3.05) is 0 Å². The number of guanidine groups is 1. The predicted octanol–water partition coefficient (Wildman–Crippen LogP) is 2.09. The Balaban J connectivity index is 0.00000289. The molecule has 0 unspecified atom stereocenters. The Kier molecular flexibility index (Phi) is 6.41. The molecule has 0 aliphatic carbocycles. The zero-order valence-corrected chi connectivity index (χ0v) is 11.8. The van der Waals surface area contributed by atoms with Crippen LogP contribution in [0.3, 0.4) is 0 Å². The topological polar surface area (TPSA) is 67.5 Å². The third-order valence-corrected chi connectivity index (χ3v) is 2.20. The number of nitrogens with zero attached hydrogens (tertiary/aromatic N) is 1. The lowest BCUT2D eigenvalue weighted by Crippen LogP contribution is -2.43. The second-order valence-electron chi connectivity index (χ2n) is 4.89. The van der Waals surface area contributed by atoms with Crippen LogP contribution in [0, 0.1) is 5.41 Å². The SMILES string of the molecule is CC(C)(C)C(=O)NC(N)=NCc1ccccc1.Cl. The zero-order valence-electron chi connectivity index (χ0n) is 10.9. The van der Waals surface area contributed by atoms with Crippen LogP contribution in [0.2, 0.25) is 0 Å². The summed E-state index contributed by atoms with van der Waals surface area (Å²) in [6.07, 6.45) is 0. The minimum Gasteiger partial charge on any atom is -0.370 e. The zero-order chi connectivity index (χ0) is 12.9. The van der Waals surface area contributed by atoms with Crippen LogP contribution in [0.25, 0.3) is 0 Å². The van der Waals surface area contributed by atoms with Gasteiger partial charge in [-0.25, -0.2) is 4.99 Å². The van der Waals surface area contributed by atoms with Gasteiger partial charge in [-0.15, -0.1) is 12.4 Å². The quantitative estimate of drug-likeness (QED) is 0.638. The molecule has 3 N–H and O–H groups in total. The third kappa shape index (κ3) is 5.68. The number of hydrogen-bond donors (Lipinski definition) is 2. The second-order valence-corrected chi connectivity index (χ2v) is 4.89. The van der Waals surface area contributed by atoms with Gasteiger partial charge in [0.2, 0.25) is 5.91 Å². The van der Waals surface area contributed by atoms with Crippen molar-refractivity contribution in [2.24, 2.45) is 16.1 Å². The number of aliphatic imine (C=N–C) groups is 1. The number of carbonyl (C=O) groups is 1. The standard InChI is InChI=1S/C13H19N3O.ClH/c1-13(2,3)11(17)16-12(14)15-9-10-7-5-4-6-8-10;/h4-8H,9H2,1-3H3,(H3,14,15,16,17);1H. The summed E-state index contributed by atoms with van der Waals surface area (Å²) in [5, 5.41) is 2.58. The van der Waals surface area contributed by atoms with Crippen molar-refractivity contribution in [3.63, 3.8) is 0 Å². The van der Waals surface area contributed by atoms with Crippen LogP contribution in [-0.4, -0.2) is 11.9 Å². The minimum atomic E-state index is -0.465. The highest BCUT2D eigenvalue weighted by Gasteiger charge is 2.21. The van der Waals surface area contributed by atoms with Crippen LogP contribution < -0.4 is 11.1 Å². The molecule has 0 aromatic heterocycles. The summed E-state index contributed by atoms with van der Waals surface area (Å²) in [4.78, 5) is 15.7. The van der Waals surface area contributed by atoms with E-state index in [2.05, 4.69) is 10.3 Å². The fourth-order valence-corrected chi connectivity index (χ4v) is 1.10. The van der Waals surface area contributed by atoms with Gasteiger partial charge in [-0.1, -0.05) is 51.1 Å². The number of benzene rings is 1. The molecule has 0 heterocycles. The molecule has 0 fully saturated rings. The maximum Gasteiger partial charge on any atom is 0.232 e. The van der Waals surface area contributed by atoms with E-state index in [9.17, 15) is 4.79 Å². The normalized spacial score (nSPS) is 11.6. The van der Waals surface area contributed by atoms with Crippen molar-refractivity contribution in [1.29, 1.82) is 0 Å². The monoisotopic (exact) mass is 269 g/mol. The summed E-state index contributed by atoms with van der Waals surface area (Å²) in [6.45, 7) is 5.95. The van der Waals surface area contributed by atoms with E-state index in [1.807, 2.05) is 51.1 Å². The van der Waals surface area contributed by atoms with E-state index in [0.717, 1.165) is 5.56 Å². The van der Waals surface area contributed by atoms with Gasteiger partial charge in [-0.05, 0) is 5.56 Å². The number of carbonyl (C=O) groups excluding carboxylic acids is 1. The fourth-order valence-electron chi connectivity index (χ4n) is 1.10. The maximum absolute atomic E-state index is 11.6. The lowest BCUT2D eigenvalue weighted by Gasteiger charge is -2.16. The van der Waals surface area contributed by atoms with Gasteiger partial charge < -0.3 is 5.73 Å². The summed E-state index contributed by atoms with van der Waals surface area (Å²) in [7, 11) is 0. The number of halogens is 1. The van der Waals surface area contributed by atoms with Crippen molar-refractivity contribution >= 4 is 24.3 Å². The van der Waals surface area contributed by atoms with Gasteiger partial charge in [0.05, 0.1) is 6.54 Å². The number of hydrogen-bond acceptors (Lipinski definition) is 2. The number of nitrogens with two attached hydrogens (primary N) is 1. The first-order chi connectivity index (χ1) is 7.89. The van der Waals surface area contributed by atoms with Crippen LogP contribution >= 0.6 is 12.4 Å². The molecule has 4 nitrogen and oxygen atoms in total. The molecule has 0 aliphatic heterocycles. The van der Waals surface area contributed by atoms with Crippen molar-refractivity contribution in [3.8, 4) is 0 Å². The average molecular weight is 270 g/mol. The van der Waals surface area contributed by atoms with Crippen LogP contribution in [0.4, 0.5) is 0 Å². The van der Waals surface area contributed by atoms with Crippen LogP contribution in [0.1, 0.15) is 26.3 Å². The third-order valence-electron chi connectivity index (χ3n) is 2.20. The Labute approximate surface area is 114 Å². The van der Waals surface area contributed by atoms with E-state index in [0.29, 0.717) is 6.54 Å². The summed E-state index contributed by atoms with van der Waals surface area (Å²) in [5.41, 5.74) is 6.23.